The molecular formula is C10H12NP. The normalized spacial score (nSPS) is 10.8. The van der Waals surface area contributed by atoms with Gasteiger partial charge in [-0.25, -0.2) is 0 Å². The van der Waals surface area contributed by atoms with Gasteiger partial charge in [-0.3, -0.25) is 0 Å². The second kappa shape index (κ2) is 2.91. The van der Waals surface area contributed by atoms with Crippen LogP contribution in [0.5, 0.6) is 0 Å². The fourth-order valence-electron chi connectivity index (χ4n) is 1.54. The topological polar surface area (TPSA) is 4.93 Å². The highest BCUT2D eigenvalue weighted by Gasteiger charge is 2.01. The molecule has 1 unspecified atom stereocenters. The molecule has 0 N–H and O–H groups in total. The van der Waals surface area contributed by atoms with Gasteiger partial charge in [0.1, 0.15) is 0 Å². The third-order valence-corrected chi connectivity index (χ3v) is 2.68. The molecule has 0 saturated heterocycles. The van der Waals surface area contributed by atoms with Crippen molar-refractivity contribution < 1.29 is 0 Å². The Morgan fingerprint density at radius 2 is 2.08 bits per heavy atom. The van der Waals surface area contributed by atoms with Gasteiger partial charge in [-0.15, -0.1) is 9.24 Å². The summed E-state index contributed by atoms with van der Waals surface area (Å²) in [6, 6.07) is 10.7. The number of para-hydroxylation sites is 1. The first kappa shape index (κ1) is 7.82. The van der Waals surface area contributed by atoms with E-state index < -0.39 is 0 Å². The molecular weight excluding hydrogens is 165 g/mol. The first-order valence-electron chi connectivity index (χ1n) is 4.06. The Hall–Kier alpha value is -0.810. The summed E-state index contributed by atoms with van der Waals surface area (Å²) in [6.07, 6.45) is 1.02. The molecule has 1 atom stereocenters. The lowest BCUT2D eigenvalue weighted by Gasteiger charge is -1.99. The summed E-state index contributed by atoms with van der Waals surface area (Å²) in [5.41, 5.74) is 2.68. The predicted octanol–water partition coefficient (Wildman–Crippen LogP) is 2.55. The number of rotatable bonds is 1. The predicted molar refractivity (Wildman–Crippen MR) is 56.3 cm³/mol. The number of benzene rings is 1. The lowest BCUT2D eigenvalue weighted by atomic mass is 10.2. The number of hydrogen-bond acceptors (Lipinski definition) is 0. The van der Waals surface area contributed by atoms with E-state index in [9.17, 15) is 0 Å². The molecule has 2 rings (SSSR count). The minimum absolute atomic E-state index is 1.02. The van der Waals surface area contributed by atoms with Crippen LogP contribution in [0, 0.1) is 0 Å². The van der Waals surface area contributed by atoms with Crippen LogP contribution >= 0.6 is 9.24 Å². The van der Waals surface area contributed by atoms with Crippen molar-refractivity contribution in [3.8, 4) is 0 Å². The van der Waals surface area contributed by atoms with Crippen molar-refractivity contribution >= 4 is 20.1 Å². The second-order valence-electron chi connectivity index (χ2n) is 2.96. The van der Waals surface area contributed by atoms with Crippen LogP contribution in [-0.4, -0.2) is 4.57 Å². The van der Waals surface area contributed by atoms with E-state index in [2.05, 4.69) is 51.2 Å². The molecule has 62 valence electrons. The van der Waals surface area contributed by atoms with E-state index in [0.29, 0.717) is 0 Å². The summed E-state index contributed by atoms with van der Waals surface area (Å²) < 4.78 is 2.24. The SMILES string of the molecule is Cn1c(CP)cc2ccccc21. The van der Waals surface area contributed by atoms with Crippen LogP contribution in [0.4, 0.5) is 0 Å². The molecule has 0 bridgehead atoms. The van der Waals surface area contributed by atoms with Crippen molar-refractivity contribution in [1.82, 2.24) is 4.57 Å². The Kier molecular flexibility index (Phi) is 1.90. The average molecular weight is 177 g/mol. The Bertz CT molecular complexity index is 403. The number of hydrogen-bond donors (Lipinski definition) is 0. The van der Waals surface area contributed by atoms with Gasteiger partial charge in [0.25, 0.3) is 0 Å². The average Bonchev–Trinajstić information content (AvgIpc) is 2.44. The van der Waals surface area contributed by atoms with Gasteiger partial charge in [0.15, 0.2) is 0 Å². The number of aryl methyl sites for hydroxylation is 1. The first-order valence-corrected chi connectivity index (χ1v) is 4.88. The molecule has 0 aliphatic heterocycles. The Balaban J connectivity index is 2.78. The van der Waals surface area contributed by atoms with Gasteiger partial charge >= 0.3 is 0 Å². The van der Waals surface area contributed by atoms with Crippen LogP contribution in [0.25, 0.3) is 10.9 Å². The number of nitrogens with zero attached hydrogens (tertiary/aromatic N) is 1. The van der Waals surface area contributed by atoms with Crippen molar-refractivity contribution in [3.63, 3.8) is 0 Å². The summed E-state index contributed by atoms with van der Waals surface area (Å²) in [5, 5.41) is 1.33. The molecule has 0 radical (unpaired) electrons. The van der Waals surface area contributed by atoms with Gasteiger partial charge in [0.2, 0.25) is 0 Å². The van der Waals surface area contributed by atoms with Crippen LogP contribution in [0.15, 0.2) is 30.3 Å². The summed E-state index contributed by atoms with van der Waals surface area (Å²) in [6.45, 7) is 0. The van der Waals surface area contributed by atoms with E-state index in [-0.39, 0.29) is 0 Å². The van der Waals surface area contributed by atoms with Crippen LogP contribution in [-0.2, 0) is 13.2 Å². The van der Waals surface area contributed by atoms with Crippen LogP contribution in [0.2, 0.25) is 0 Å². The van der Waals surface area contributed by atoms with Gasteiger partial charge in [-0.05, 0) is 17.5 Å². The fourth-order valence-corrected chi connectivity index (χ4v) is 1.93. The number of aromatic nitrogens is 1. The van der Waals surface area contributed by atoms with Crippen LogP contribution in [0.1, 0.15) is 5.69 Å². The highest BCUT2D eigenvalue weighted by Crippen LogP contribution is 2.19. The lowest BCUT2D eigenvalue weighted by molar-refractivity contribution is 0.910. The van der Waals surface area contributed by atoms with Crippen molar-refractivity contribution in [2.75, 3.05) is 0 Å². The molecule has 12 heavy (non-hydrogen) atoms. The molecule has 0 fully saturated rings. The molecule has 0 aliphatic rings. The maximum atomic E-state index is 2.76. The smallest absolute Gasteiger partial charge is 0.0479 e. The summed E-state index contributed by atoms with van der Waals surface area (Å²) in [4.78, 5) is 0. The molecule has 1 aromatic carbocycles. The van der Waals surface area contributed by atoms with Crippen molar-refractivity contribution in [3.05, 3.63) is 36.0 Å². The first-order chi connectivity index (χ1) is 5.83. The van der Waals surface area contributed by atoms with Crippen LogP contribution in [0.3, 0.4) is 0 Å². The molecule has 0 saturated carbocycles. The van der Waals surface area contributed by atoms with E-state index in [1.807, 2.05) is 0 Å². The summed E-state index contributed by atoms with van der Waals surface area (Å²) >= 11 is 0. The Labute approximate surface area is 74.6 Å². The standard InChI is InChI=1S/C10H12NP/c1-11-9(7-12)6-8-4-2-3-5-10(8)11/h2-6H,7,12H2,1H3. The Morgan fingerprint density at radius 1 is 1.33 bits per heavy atom. The van der Waals surface area contributed by atoms with Gasteiger partial charge in [-0.2, -0.15) is 0 Å². The van der Waals surface area contributed by atoms with E-state index in [1.165, 1.54) is 16.6 Å². The molecule has 1 nitrogen and oxygen atoms in total. The molecule has 2 aromatic rings. The Morgan fingerprint density at radius 3 is 2.75 bits per heavy atom. The minimum Gasteiger partial charge on any atom is -0.347 e. The summed E-state index contributed by atoms with van der Waals surface area (Å²) in [7, 11) is 4.87. The molecule has 1 heterocycles. The minimum atomic E-state index is 1.02. The van der Waals surface area contributed by atoms with Crippen molar-refractivity contribution in [2.45, 2.75) is 6.16 Å². The van der Waals surface area contributed by atoms with Crippen LogP contribution < -0.4 is 0 Å². The van der Waals surface area contributed by atoms with E-state index >= 15 is 0 Å². The molecule has 0 spiro atoms. The number of fused-ring (bicyclic) bond motifs is 1. The van der Waals surface area contributed by atoms with Crippen molar-refractivity contribution in [1.29, 1.82) is 0 Å². The maximum absolute atomic E-state index is 2.76. The molecule has 2 heteroatoms. The zero-order valence-electron chi connectivity index (χ0n) is 7.12. The highest BCUT2D eigenvalue weighted by atomic mass is 31.0. The highest BCUT2D eigenvalue weighted by molar-refractivity contribution is 7.15. The summed E-state index contributed by atoms with van der Waals surface area (Å²) in [5.74, 6) is 0. The third kappa shape index (κ3) is 1.05. The van der Waals surface area contributed by atoms with E-state index in [4.69, 9.17) is 0 Å². The lowest BCUT2D eigenvalue weighted by Crippen LogP contribution is -1.91. The van der Waals surface area contributed by atoms with E-state index in [1.54, 1.807) is 0 Å². The maximum Gasteiger partial charge on any atom is 0.0479 e. The fraction of sp³-hybridized carbons (Fsp3) is 0.200. The van der Waals surface area contributed by atoms with Gasteiger partial charge in [0, 0.05) is 24.4 Å². The van der Waals surface area contributed by atoms with Gasteiger partial charge in [0.05, 0.1) is 0 Å². The van der Waals surface area contributed by atoms with Crippen molar-refractivity contribution in [2.24, 2.45) is 7.05 Å². The molecule has 1 aromatic heterocycles. The molecule has 0 aliphatic carbocycles. The third-order valence-electron chi connectivity index (χ3n) is 2.26. The van der Waals surface area contributed by atoms with Gasteiger partial charge in [-0.1, -0.05) is 18.2 Å². The monoisotopic (exact) mass is 177 g/mol. The van der Waals surface area contributed by atoms with Gasteiger partial charge < -0.3 is 4.57 Å². The largest absolute Gasteiger partial charge is 0.347 e. The quantitative estimate of drug-likeness (QED) is 0.590. The molecule has 0 amide bonds. The zero-order chi connectivity index (χ0) is 8.55. The zero-order valence-corrected chi connectivity index (χ0v) is 8.27. The van der Waals surface area contributed by atoms with E-state index in [0.717, 1.165) is 6.16 Å². The second-order valence-corrected chi connectivity index (χ2v) is 3.37.